The molecule has 0 amide bonds. The fraction of sp³-hybridized carbons (Fsp3) is 0.500. The Morgan fingerprint density at radius 3 is 0.260 bits per heavy atom. The SMILES string of the molecule is O=C(O)CC(O)(CC(=O)O)C(=O)O.O=C(O)CC(O)(CC(=O)O)C(=O)O.O=C(O)CC(O)(CC(=O)O)C(=O)O.O=C(O)CC(O)(CC(=O)O)C(=O)O.O=C(O)CC(O)(CC(=O)O)C(=O)O.[H-].[H-].[H-].[H-].[H-].[H-].[H-].[H-].[H-].[H-].[H-].[H-].[Na+].[Na+].[Na+].[Na+].[Na+].[Na+].[Na+].[Na+].[Na+].[Na+].[Na+].[Na+]. The standard InChI is InChI=1S/5C6H8O7.12Na.12H/c5*7-3(8)1-6(13,5(11)12)2-4(9)10;;;;;;;;;;;;;;;;;;;;;;;;/h5*13H,1-2H2,(H,7,8)(H,9,10)(H,11,12);;;;;;;;;;;;;;;;;;;;;;;;/q;;;;;12*+1;12*-1. The molecule has 0 rings (SSSR count). The van der Waals surface area contributed by atoms with Crippen LogP contribution in [0.2, 0.25) is 0 Å². The van der Waals surface area contributed by atoms with E-state index in [4.69, 9.17) is 102 Å². The number of carbonyl (C=O) groups is 15. The largest absolute Gasteiger partial charge is 1.00 e. The zero-order valence-electron chi connectivity index (χ0n) is 56.1. The molecule has 35 nitrogen and oxygen atoms in total. The molecule has 0 aromatic carbocycles. The van der Waals surface area contributed by atoms with Crippen molar-refractivity contribution in [2.45, 2.75) is 92.2 Å². The molecule has 0 aliphatic carbocycles. The maximum atomic E-state index is 10.3. The molecule has 0 bridgehead atoms. The minimum Gasteiger partial charge on any atom is -1.00 e. The molecule has 47 heteroatoms. The van der Waals surface area contributed by atoms with Crippen molar-refractivity contribution in [2.24, 2.45) is 0 Å². The van der Waals surface area contributed by atoms with Gasteiger partial charge in [0.05, 0.1) is 64.2 Å². The maximum absolute atomic E-state index is 10.3. The average Bonchev–Trinajstić information content (AvgIpc) is 3.01. The average molecular weight is 1250 g/mol. The first-order valence-corrected chi connectivity index (χ1v) is 15.9. The first-order valence-electron chi connectivity index (χ1n) is 15.9. The van der Waals surface area contributed by atoms with Crippen molar-refractivity contribution in [3.63, 3.8) is 0 Å². The Bertz CT molecular complexity index is 1540. The maximum Gasteiger partial charge on any atom is 1.00 e. The van der Waals surface area contributed by atoms with Crippen molar-refractivity contribution in [2.75, 3.05) is 0 Å². The number of aliphatic carboxylic acids is 15. The number of aliphatic hydroxyl groups is 5. The number of hydrogen-bond donors (Lipinski definition) is 20. The number of rotatable bonds is 25. The van der Waals surface area contributed by atoms with Gasteiger partial charge in [-0.2, -0.15) is 0 Å². The third-order valence-corrected chi connectivity index (χ3v) is 6.43. The summed E-state index contributed by atoms with van der Waals surface area (Å²) in [6, 6.07) is 0. The molecule has 0 aromatic rings. The summed E-state index contributed by atoms with van der Waals surface area (Å²) in [4.78, 5) is 152. The van der Waals surface area contributed by atoms with Crippen molar-refractivity contribution in [1.82, 2.24) is 0 Å². The molecule has 0 atom stereocenters. The van der Waals surface area contributed by atoms with E-state index in [9.17, 15) is 71.9 Å². The van der Waals surface area contributed by atoms with Gasteiger partial charge in [0.25, 0.3) is 0 Å². The summed E-state index contributed by atoms with van der Waals surface area (Å²) in [6.07, 6.45) is -11.4. The van der Waals surface area contributed by atoms with E-state index in [-0.39, 0.29) is 372 Å². The monoisotopic (exact) mass is 1250 g/mol. The smallest absolute Gasteiger partial charge is 1.00 e. The molecule has 0 aromatic heterocycles. The van der Waals surface area contributed by atoms with Gasteiger partial charge in [0.1, 0.15) is 0 Å². The Morgan fingerprint density at radius 2 is 0.234 bits per heavy atom. The van der Waals surface area contributed by atoms with Crippen LogP contribution in [0.4, 0.5) is 0 Å². The van der Waals surface area contributed by atoms with Crippen LogP contribution in [-0.4, -0.2) is 220 Å². The van der Waals surface area contributed by atoms with Crippen LogP contribution >= 0.6 is 0 Å². The van der Waals surface area contributed by atoms with Crippen LogP contribution in [0.1, 0.15) is 81.3 Å². The van der Waals surface area contributed by atoms with Crippen molar-refractivity contribution in [3.05, 3.63) is 0 Å². The molecule has 0 aliphatic rings. The van der Waals surface area contributed by atoms with Gasteiger partial charge in [-0.05, 0) is 0 Å². The van der Waals surface area contributed by atoms with E-state index < -0.39 is 182 Å². The minimum atomic E-state index is -2.74. The van der Waals surface area contributed by atoms with Crippen LogP contribution in [0.5, 0.6) is 0 Å². The van der Waals surface area contributed by atoms with Crippen molar-refractivity contribution in [1.29, 1.82) is 0 Å². The van der Waals surface area contributed by atoms with E-state index in [0.29, 0.717) is 0 Å². The molecule has 0 spiro atoms. The van der Waals surface area contributed by atoms with Crippen LogP contribution in [-0.2, 0) is 71.9 Å². The van der Waals surface area contributed by atoms with Gasteiger partial charge in [-0.25, -0.2) is 24.0 Å². The second-order valence-corrected chi connectivity index (χ2v) is 12.4. The molecule has 0 aliphatic heterocycles. The Balaban J connectivity index is -0.0000000175. The van der Waals surface area contributed by atoms with Crippen molar-refractivity contribution in [3.8, 4) is 0 Å². The molecule has 394 valence electrons. The zero-order chi connectivity index (χ0) is 53.2. The van der Waals surface area contributed by atoms with Crippen LogP contribution in [0.15, 0.2) is 0 Å². The topological polar surface area (TPSA) is 661 Å². The van der Waals surface area contributed by atoms with Gasteiger partial charge in [0, 0.05) is 0 Å². The predicted molar refractivity (Wildman–Crippen MR) is 199 cm³/mol. The van der Waals surface area contributed by atoms with E-state index >= 15 is 0 Å². The molecule has 0 heterocycles. The third-order valence-electron chi connectivity index (χ3n) is 6.43. The van der Waals surface area contributed by atoms with Gasteiger partial charge in [-0.3, -0.25) is 47.9 Å². The molecule has 0 radical (unpaired) electrons. The molecular weight excluding hydrogens is 1200 g/mol. The third kappa shape index (κ3) is 68.8. The van der Waals surface area contributed by atoms with Crippen LogP contribution in [0.3, 0.4) is 0 Å². The van der Waals surface area contributed by atoms with Gasteiger partial charge >= 0.3 is 444 Å². The summed E-state index contributed by atoms with van der Waals surface area (Å²) in [5.41, 5.74) is -13.7. The summed E-state index contributed by atoms with van der Waals surface area (Å²) >= 11 is 0. The van der Waals surface area contributed by atoms with Gasteiger partial charge in [0.2, 0.25) is 0 Å². The number of hydrogen-bond acceptors (Lipinski definition) is 20. The fourth-order valence-electron chi connectivity index (χ4n) is 3.57. The van der Waals surface area contributed by atoms with E-state index in [1.54, 1.807) is 0 Å². The fourth-order valence-corrected chi connectivity index (χ4v) is 3.57. The van der Waals surface area contributed by atoms with Gasteiger partial charge in [-0.15, -0.1) is 0 Å². The molecule has 77 heavy (non-hydrogen) atoms. The summed E-state index contributed by atoms with van der Waals surface area (Å²) in [5, 5.41) is 169. The van der Waals surface area contributed by atoms with Gasteiger partial charge in [0.15, 0.2) is 28.0 Å². The Morgan fingerprint density at radius 1 is 0.182 bits per heavy atom. The first kappa shape index (κ1) is 126. The Hall–Kier alpha value is 3.85. The van der Waals surface area contributed by atoms with Crippen molar-refractivity contribution >= 4 is 89.5 Å². The summed E-state index contributed by atoms with van der Waals surface area (Å²) in [5.74, 6) is -25.1. The van der Waals surface area contributed by atoms with Crippen LogP contribution < -0.4 is 355 Å². The second kappa shape index (κ2) is 62.9. The second-order valence-electron chi connectivity index (χ2n) is 12.4. The molecule has 0 saturated carbocycles. The van der Waals surface area contributed by atoms with Crippen molar-refractivity contribution < 1.29 is 546 Å². The van der Waals surface area contributed by atoms with Crippen LogP contribution in [0, 0.1) is 0 Å². The number of carboxylic acids is 15. The van der Waals surface area contributed by atoms with E-state index in [1.807, 2.05) is 0 Å². The van der Waals surface area contributed by atoms with E-state index in [2.05, 4.69) is 0 Å². The Labute approximate surface area is 714 Å². The van der Waals surface area contributed by atoms with Crippen LogP contribution in [0.25, 0.3) is 0 Å². The zero-order valence-corrected chi connectivity index (χ0v) is 68.1. The molecule has 20 N–H and O–H groups in total. The number of carboxylic acid groups (broad SMARTS) is 15. The normalized spacial score (nSPS) is 9.16. The first-order chi connectivity index (χ1) is 28.9. The van der Waals surface area contributed by atoms with E-state index in [0.717, 1.165) is 0 Å². The van der Waals surface area contributed by atoms with Gasteiger partial charge in [-0.1, -0.05) is 0 Å². The summed E-state index contributed by atoms with van der Waals surface area (Å²) in [7, 11) is 0. The molecule has 0 saturated heterocycles. The summed E-state index contributed by atoms with van der Waals surface area (Å²) < 4.78 is 0. The molecular formula is C30H52Na12O35. The molecule has 0 fully saturated rings. The Kier molecular flexibility index (Phi) is 103. The van der Waals surface area contributed by atoms with E-state index in [1.165, 1.54) is 0 Å². The molecule has 0 unspecified atom stereocenters. The minimum absolute atomic E-state index is 0. The predicted octanol–water partition coefficient (Wildman–Crippen LogP) is -40.8. The van der Waals surface area contributed by atoms with Gasteiger partial charge < -0.3 is 119 Å². The quantitative estimate of drug-likeness (QED) is 0.0377. The summed E-state index contributed by atoms with van der Waals surface area (Å²) in [6.45, 7) is 0.